The summed E-state index contributed by atoms with van der Waals surface area (Å²) in [7, 11) is 0. The van der Waals surface area contributed by atoms with E-state index in [4.69, 9.17) is 9.47 Å². The second kappa shape index (κ2) is 9.97. The first-order valence-electron chi connectivity index (χ1n) is 9.20. The molecule has 1 atom stereocenters. The SMILES string of the molecule is C[C@H](OC(=O)CN1CCSC1=O)C(=O)Nc1ccc(OCc2ccccc2)cc1. The van der Waals surface area contributed by atoms with E-state index < -0.39 is 18.0 Å². The Bertz CT molecular complexity index is 857. The number of benzene rings is 2. The van der Waals surface area contributed by atoms with Crippen molar-refractivity contribution in [1.29, 1.82) is 0 Å². The summed E-state index contributed by atoms with van der Waals surface area (Å²) in [6.07, 6.45) is -0.970. The number of esters is 1. The zero-order chi connectivity index (χ0) is 20.6. The van der Waals surface area contributed by atoms with Crippen LogP contribution in [-0.2, 0) is 20.9 Å². The molecule has 0 aliphatic carbocycles. The Labute approximate surface area is 173 Å². The van der Waals surface area contributed by atoms with Crippen molar-refractivity contribution >= 4 is 34.6 Å². The monoisotopic (exact) mass is 414 g/mol. The summed E-state index contributed by atoms with van der Waals surface area (Å²) in [5.74, 6) is 0.291. The molecule has 0 aromatic heterocycles. The molecule has 2 amide bonds. The van der Waals surface area contributed by atoms with E-state index in [9.17, 15) is 14.4 Å². The topological polar surface area (TPSA) is 84.9 Å². The van der Waals surface area contributed by atoms with Gasteiger partial charge in [0.15, 0.2) is 6.10 Å². The standard InChI is InChI=1S/C21H22N2O5S/c1-15(28-19(24)13-23-11-12-29-21(23)26)20(25)22-17-7-9-18(10-8-17)27-14-16-5-3-2-4-6-16/h2-10,15H,11-14H2,1H3,(H,22,25)/t15-/m0/s1. The maximum absolute atomic E-state index is 12.2. The van der Waals surface area contributed by atoms with E-state index in [0.29, 0.717) is 30.3 Å². The Kier molecular flexibility index (Phi) is 7.13. The van der Waals surface area contributed by atoms with Gasteiger partial charge in [0.25, 0.3) is 11.1 Å². The van der Waals surface area contributed by atoms with Crippen molar-refractivity contribution in [2.24, 2.45) is 0 Å². The third-order valence-electron chi connectivity index (χ3n) is 4.21. The summed E-state index contributed by atoms with van der Waals surface area (Å²) >= 11 is 1.17. The van der Waals surface area contributed by atoms with Crippen LogP contribution in [0.1, 0.15) is 12.5 Å². The first-order chi connectivity index (χ1) is 14.0. The molecule has 1 fully saturated rings. The third-order valence-corrected chi connectivity index (χ3v) is 5.10. The van der Waals surface area contributed by atoms with Gasteiger partial charge in [-0.3, -0.25) is 14.4 Å². The number of nitrogens with zero attached hydrogens (tertiary/aromatic N) is 1. The summed E-state index contributed by atoms with van der Waals surface area (Å²) < 4.78 is 10.8. The predicted molar refractivity (Wildman–Crippen MR) is 111 cm³/mol. The minimum Gasteiger partial charge on any atom is -0.489 e. The van der Waals surface area contributed by atoms with E-state index in [0.717, 1.165) is 5.56 Å². The molecule has 29 heavy (non-hydrogen) atoms. The first kappa shape index (κ1) is 20.7. The lowest BCUT2D eigenvalue weighted by molar-refractivity contribution is -0.153. The van der Waals surface area contributed by atoms with Crippen LogP contribution in [-0.4, -0.2) is 47.0 Å². The molecule has 7 nitrogen and oxygen atoms in total. The third kappa shape index (κ3) is 6.25. The minimum absolute atomic E-state index is 0.142. The van der Waals surface area contributed by atoms with Gasteiger partial charge in [-0.25, -0.2) is 0 Å². The number of hydrogen-bond acceptors (Lipinski definition) is 6. The van der Waals surface area contributed by atoms with Gasteiger partial charge in [0.1, 0.15) is 18.9 Å². The lowest BCUT2D eigenvalue weighted by Crippen LogP contribution is -2.36. The number of ether oxygens (including phenoxy) is 2. The van der Waals surface area contributed by atoms with Gasteiger partial charge in [0.2, 0.25) is 0 Å². The molecular weight excluding hydrogens is 392 g/mol. The van der Waals surface area contributed by atoms with Crippen LogP contribution in [0, 0.1) is 0 Å². The highest BCUT2D eigenvalue weighted by molar-refractivity contribution is 8.13. The summed E-state index contributed by atoms with van der Waals surface area (Å²) in [5.41, 5.74) is 1.63. The number of anilines is 1. The van der Waals surface area contributed by atoms with Crippen molar-refractivity contribution in [3.8, 4) is 5.75 Å². The molecule has 1 aliphatic rings. The molecule has 1 heterocycles. The average Bonchev–Trinajstić information content (AvgIpc) is 3.12. The van der Waals surface area contributed by atoms with Crippen molar-refractivity contribution < 1.29 is 23.9 Å². The molecule has 0 unspecified atom stereocenters. The smallest absolute Gasteiger partial charge is 0.326 e. The Morgan fingerprint density at radius 1 is 1.14 bits per heavy atom. The molecule has 3 rings (SSSR count). The van der Waals surface area contributed by atoms with E-state index in [1.165, 1.54) is 23.6 Å². The lowest BCUT2D eigenvalue weighted by Gasteiger charge is -2.17. The largest absolute Gasteiger partial charge is 0.489 e. The van der Waals surface area contributed by atoms with Crippen LogP contribution in [0.15, 0.2) is 54.6 Å². The molecule has 1 aliphatic heterocycles. The number of amides is 2. The van der Waals surface area contributed by atoms with Gasteiger partial charge in [-0.15, -0.1) is 0 Å². The summed E-state index contributed by atoms with van der Waals surface area (Å²) in [6, 6.07) is 16.8. The minimum atomic E-state index is -0.970. The fourth-order valence-electron chi connectivity index (χ4n) is 2.63. The number of rotatable bonds is 8. The number of carbonyl (C=O) groups excluding carboxylic acids is 3. The maximum atomic E-state index is 12.2. The highest BCUT2D eigenvalue weighted by Gasteiger charge is 2.26. The highest BCUT2D eigenvalue weighted by atomic mass is 32.2. The Morgan fingerprint density at radius 2 is 1.86 bits per heavy atom. The van der Waals surface area contributed by atoms with Crippen molar-refractivity contribution in [3.05, 3.63) is 60.2 Å². The van der Waals surface area contributed by atoms with Crippen LogP contribution in [0.4, 0.5) is 10.5 Å². The van der Waals surface area contributed by atoms with Gasteiger partial charge in [-0.05, 0) is 36.8 Å². The van der Waals surface area contributed by atoms with Crippen LogP contribution < -0.4 is 10.1 Å². The van der Waals surface area contributed by atoms with Gasteiger partial charge in [-0.2, -0.15) is 0 Å². The summed E-state index contributed by atoms with van der Waals surface area (Å²) in [5, 5.41) is 2.55. The number of thioether (sulfide) groups is 1. The predicted octanol–water partition coefficient (Wildman–Crippen LogP) is 3.30. The van der Waals surface area contributed by atoms with E-state index in [1.807, 2.05) is 30.3 Å². The van der Waals surface area contributed by atoms with Crippen molar-refractivity contribution in [2.45, 2.75) is 19.6 Å². The quantitative estimate of drug-likeness (QED) is 0.667. The normalized spacial score (nSPS) is 14.4. The fraction of sp³-hybridized carbons (Fsp3) is 0.286. The Morgan fingerprint density at radius 3 is 2.52 bits per heavy atom. The van der Waals surface area contributed by atoms with E-state index in [1.54, 1.807) is 24.3 Å². The van der Waals surface area contributed by atoms with Crippen LogP contribution in [0.25, 0.3) is 0 Å². The Hall–Kier alpha value is -3.00. The summed E-state index contributed by atoms with van der Waals surface area (Å²) in [6.45, 7) is 2.32. The lowest BCUT2D eigenvalue weighted by atomic mass is 10.2. The Balaban J connectivity index is 1.44. The van der Waals surface area contributed by atoms with E-state index in [-0.39, 0.29) is 11.8 Å². The molecule has 1 N–H and O–H groups in total. The van der Waals surface area contributed by atoms with Crippen LogP contribution >= 0.6 is 11.8 Å². The van der Waals surface area contributed by atoms with Gasteiger partial charge >= 0.3 is 5.97 Å². The number of hydrogen-bond donors (Lipinski definition) is 1. The van der Waals surface area contributed by atoms with Gasteiger partial charge in [0, 0.05) is 18.0 Å². The molecule has 1 saturated heterocycles. The van der Waals surface area contributed by atoms with Crippen molar-refractivity contribution in [3.63, 3.8) is 0 Å². The van der Waals surface area contributed by atoms with Crippen molar-refractivity contribution in [1.82, 2.24) is 4.90 Å². The maximum Gasteiger partial charge on any atom is 0.326 e. The zero-order valence-electron chi connectivity index (χ0n) is 16.0. The average molecular weight is 414 g/mol. The molecule has 2 aromatic rings. The molecule has 0 saturated carbocycles. The number of nitrogens with one attached hydrogen (secondary N) is 1. The second-order valence-corrected chi connectivity index (χ2v) is 7.50. The van der Waals surface area contributed by atoms with Crippen LogP contribution in [0.5, 0.6) is 5.75 Å². The molecule has 152 valence electrons. The fourth-order valence-corrected chi connectivity index (χ4v) is 3.46. The summed E-state index contributed by atoms with van der Waals surface area (Å²) in [4.78, 5) is 37.1. The van der Waals surface area contributed by atoms with Crippen LogP contribution in [0.2, 0.25) is 0 Å². The van der Waals surface area contributed by atoms with Gasteiger partial charge in [-0.1, -0.05) is 42.1 Å². The number of carbonyl (C=O) groups is 3. The second-order valence-electron chi connectivity index (χ2n) is 6.46. The van der Waals surface area contributed by atoms with E-state index in [2.05, 4.69) is 5.32 Å². The molecular formula is C21H22N2O5S. The zero-order valence-corrected chi connectivity index (χ0v) is 16.8. The van der Waals surface area contributed by atoms with Gasteiger partial charge < -0.3 is 19.7 Å². The highest BCUT2D eigenvalue weighted by Crippen LogP contribution is 2.18. The van der Waals surface area contributed by atoms with Crippen molar-refractivity contribution in [2.75, 3.05) is 24.2 Å². The van der Waals surface area contributed by atoms with Crippen LogP contribution in [0.3, 0.4) is 0 Å². The molecule has 8 heteroatoms. The molecule has 0 radical (unpaired) electrons. The molecule has 0 bridgehead atoms. The first-order valence-corrected chi connectivity index (χ1v) is 10.2. The van der Waals surface area contributed by atoms with Gasteiger partial charge in [0.05, 0.1) is 0 Å². The molecule has 2 aromatic carbocycles. The molecule has 0 spiro atoms. The van der Waals surface area contributed by atoms with E-state index >= 15 is 0 Å².